The van der Waals surface area contributed by atoms with Crippen LogP contribution in [0.4, 0.5) is 4.79 Å². The number of nitrogens with one attached hydrogen (secondary N) is 2. The first-order valence-corrected chi connectivity index (χ1v) is 6.86. The van der Waals surface area contributed by atoms with Crippen molar-refractivity contribution in [2.45, 2.75) is 45.2 Å². The number of carbonyl (C=O) groups is 2. The van der Waals surface area contributed by atoms with Gasteiger partial charge in [0.2, 0.25) is 0 Å². The Morgan fingerprint density at radius 2 is 1.85 bits per heavy atom. The number of hydrogen-bond acceptors (Lipinski definition) is 2. The Morgan fingerprint density at radius 3 is 2.40 bits per heavy atom. The summed E-state index contributed by atoms with van der Waals surface area (Å²) < 4.78 is 0. The highest BCUT2D eigenvalue weighted by Gasteiger charge is 2.16. The quantitative estimate of drug-likeness (QED) is 0.717. The third-order valence-corrected chi connectivity index (χ3v) is 3.14. The predicted octanol–water partition coefficient (Wildman–Crippen LogP) is 2.69. The molecule has 0 fully saturated rings. The zero-order chi connectivity index (χ0) is 15.0. The van der Waals surface area contributed by atoms with E-state index in [2.05, 4.69) is 10.6 Å². The van der Waals surface area contributed by atoms with Crippen molar-refractivity contribution < 1.29 is 14.7 Å². The molecule has 110 valence electrons. The molecule has 1 rings (SSSR count). The van der Waals surface area contributed by atoms with Gasteiger partial charge in [-0.2, -0.15) is 0 Å². The van der Waals surface area contributed by atoms with Gasteiger partial charge in [0.15, 0.2) is 0 Å². The number of benzene rings is 1. The maximum absolute atomic E-state index is 11.9. The van der Waals surface area contributed by atoms with Gasteiger partial charge in [0, 0.05) is 12.5 Å². The molecule has 0 radical (unpaired) electrons. The fourth-order valence-corrected chi connectivity index (χ4v) is 1.80. The van der Waals surface area contributed by atoms with Crippen LogP contribution in [0.25, 0.3) is 0 Å². The number of aliphatic carboxylic acids is 1. The Morgan fingerprint density at radius 1 is 1.20 bits per heavy atom. The largest absolute Gasteiger partial charge is 0.481 e. The molecule has 5 nitrogen and oxygen atoms in total. The lowest BCUT2D eigenvalue weighted by Crippen LogP contribution is -2.42. The van der Waals surface area contributed by atoms with Gasteiger partial charge < -0.3 is 15.7 Å². The van der Waals surface area contributed by atoms with Crippen molar-refractivity contribution in [1.29, 1.82) is 0 Å². The van der Waals surface area contributed by atoms with Crippen LogP contribution in [-0.4, -0.2) is 23.1 Å². The topological polar surface area (TPSA) is 78.4 Å². The van der Waals surface area contributed by atoms with E-state index in [1.165, 1.54) is 0 Å². The van der Waals surface area contributed by atoms with E-state index in [0.29, 0.717) is 6.42 Å². The van der Waals surface area contributed by atoms with E-state index in [4.69, 9.17) is 5.11 Å². The molecule has 2 unspecified atom stereocenters. The van der Waals surface area contributed by atoms with Gasteiger partial charge in [-0.15, -0.1) is 0 Å². The fraction of sp³-hybridized carbons (Fsp3) is 0.467. The van der Waals surface area contributed by atoms with Crippen molar-refractivity contribution in [1.82, 2.24) is 10.6 Å². The number of urea groups is 1. The van der Waals surface area contributed by atoms with Gasteiger partial charge in [-0.3, -0.25) is 4.79 Å². The molecule has 0 heterocycles. The molecule has 0 aliphatic rings. The normalized spacial score (nSPS) is 13.3. The molecule has 2 atom stereocenters. The van der Waals surface area contributed by atoms with Crippen LogP contribution in [-0.2, 0) is 4.79 Å². The average Bonchev–Trinajstić information content (AvgIpc) is 2.44. The monoisotopic (exact) mass is 278 g/mol. The number of carbonyl (C=O) groups excluding carboxylic acids is 1. The fourth-order valence-electron chi connectivity index (χ4n) is 1.80. The molecule has 0 aromatic heterocycles. The van der Waals surface area contributed by atoms with Crippen LogP contribution in [0.1, 0.15) is 44.7 Å². The Bertz CT molecular complexity index is 434. The summed E-state index contributed by atoms with van der Waals surface area (Å²) in [4.78, 5) is 22.6. The molecule has 0 aliphatic carbocycles. The van der Waals surface area contributed by atoms with Gasteiger partial charge in [-0.1, -0.05) is 37.3 Å². The minimum absolute atomic E-state index is 0.0170. The minimum Gasteiger partial charge on any atom is -0.481 e. The van der Waals surface area contributed by atoms with Crippen LogP contribution >= 0.6 is 0 Å². The smallest absolute Gasteiger partial charge is 0.315 e. The first-order chi connectivity index (χ1) is 9.52. The zero-order valence-corrected chi connectivity index (χ0v) is 11.9. The number of rotatable bonds is 7. The van der Waals surface area contributed by atoms with E-state index < -0.39 is 5.97 Å². The maximum Gasteiger partial charge on any atom is 0.315 e. The van der Waals surface area contributed by atoms with Gasteiger partial charge in [0.1, 0.15) is 0 Å². The molecule has 0 saturated carbocycles. The van der Waals surface area contributed by atoms with Crippen molar-refractivity contribution in [3.8, 4) is 0 Å². The van der Waals surface area contributed by atoms with Gasteiger partial charge in [0.05, 0.1) is 6.04 Å². The van der Waals surface area contributed by atoms with Crippen LogP contribution in [0.15, 0.2) is 30.3 Å². The molecule has 3 N–H and O–H groups in total. The average molecular weight is 278 g/mol. The Labute approximate surface area is 119 Å². The Kier molecular flexibility index (Phi) is 6.56. The lowest BCUT2D eigenvalue weighted by Gasteiger charge is -2.20. The van der Waals surface area contributed by atoms with Crippen LogP contribution in [0.3, 0.4) is 0 Å². The second-order valence-electron chi connectivity index (χ2n) is 4.82. The van der Waals surface area contributed by atoms with E-state index in [0.717, 1.165) is 12.0 Å². The van der Waals surface area contributed by atoms with Crippen LogP contribution in [0.2, 0.25) is 0 Å². The van der Waals surface area contributed by atoms with Crippen molar-refractivity contribution in [2.24, 2.45) is 0 Å². The van der Waals surface area contributed by atoms with Gasteiger partial charge >= 0.3 is 12.0 Å². The van der Waals surface area contributed by atoms with E-state index >= 15 is 0 Å². The van der Waals surface area contributed by atoms with E-state index in [9.17, 15) is 9.59 Å². The molecule has 1 aromatic carbocycles. The molecule has 0 bridgehead atoms. The van der Waals surface area contributed by atoms with E-state index in [1.807, 2.05) is 44.2 Å². The molecular formula is C15H22N2O3. The summed E-state index contributed by atoms with van der Waals surface area (Å²) >= 11 is 0. The molecule has 1 aromatic rings. The van der Waals surface area contributed by atoms with Crippen molar-refractivity contribution >= 4 is 12.0 Å². The summed E-state index contributed by atoms with van der Waals surface area (Å²) in [5.41, 5.74) is 0.910. The highest BCUT2D eigenvalue weighted by atomic mass is 16.4. The number of carboxylic acids is 1. The summed E-state index contributed by atoms with van der Waals surface area (Å²) in [6.07, 6.45) is 1.23. The summed E-state index contributed by atoms with van der Waals surface area (Å²) in [5, 5.41) is 14.5. The standard InChI is InChI=1S/C15H22N2O3/c1-3-11(2)16-15(20)17-13(9-10-14(18)19)12-7-5-4-6-8-12/h4-8,11,13H,3,9-10H2,1-2H3,(H,18,19)(H2,16,17,20). The zero-order valence-electron chi connectivity index (χ0n) is 11.9. The number of amides is 2. The van der Waals surface area contributed by atoms with Crippen LogP contribution in [0.5, 0.6) is 0 Å². The highest BCUT2D eigenvalue weighted by Crippen LogP contribution is 2.18. The van der Waals surface area contributed by atoms with Gasteiger partial charge in [-0.05, 0) is 25.3 Å². The third kappa shape index (κ3) is 5.73. The first kappa shape index (κ1) is 16.0. The molecular weight excluding hydrogens is 256 g/mol. The predicted molar refractivity (Wildman–Crippen MR) is 77.5 cm³/mol. The van der Waals surface area contributed by atoms with E-state index in [-0.39, 0.29) is 24.5 Å². The summed E-state index contributed by atoms with van der Waals surface area (Å²) in [7, 11) is 0. The van der Waals surface area contributed by atoms with Gasteiger partial charge in [0.25, 0.3) is 0 Å². The maximum atomic E-state index is 11.9. The summed E-state index contributed by atoms with van der Waals surface area (Å²) in [6.45, 7) is 3.92. The van der Waals surface area contributed by atoms with Crippen LogP contribution in [0, 0.1) is 0 Å². The first-order valence-electron chi connectivity index (χ1n) is 6.86. The molecule has 20 heavy (non-hydrogen) atoms. The van der Waals surface area contributed by atoms with Crippen LogP contribution < -0.4 is 10.6 Å². The molecule has 0 spiro atoms. The summed E-state index contributed by atoms with van der Waals surface area (Å²) in [5.74, 6) is -0.866. The highest BCUT2D eigenvalue weighted by molar-refractivity contribution is 5.75. The SMILES string of the molecule is CCC(C)NC(=O)NC(CCC(=O)O)c1ccccc1. The Hall–Kier alpha value is -2.04. The third-order valence-electron chi connectivity index (χ3n) is 3.14. The lowest BCUT2D eigenvalue weighted by atomic mass is 10.0. The van der Waals surface area contributed by atoms with Crippen molar-refractivity contribution in [3.05, 3.63) is 35.9 Å². The lowest BCUT2D eigenvalue weighted by molar-refractivity contribution is -0.137. The van der Waals surface area contributed by atoms with E-state index in [1.54, 1.807) is 0 Å². The Balaban J connectivity index is 2.68. The van der Waals surface area contributed by atoms with Crippen molar-refractivity contribution in [3.63, 3.8) is 0 Å². The second kappa shape index (κ2) is 8.19. The second-order valence-corrected chi connectivity index (χ2v) is 4.82. The molecule has 5 heteroatoms. The molecule has 0 aliphatic heterocycles. The number of carboxylic acid groups (broad SMARTS) is 1. The van der Waals surface area contributed by atoms with Gasteiger partial charge in [-0.25, -0.2) is 4.79 Å². The molecule has 2 amide bonds. The minimum atomic E-state index is -0.866. The summed E-state index contributed by atoms with van der Waals surface area (Å²) in [6, 6.07) is 8.93. The number of hydrogen-bond donors (Lipinski definition) is 3. The molecule has 0 saturated heterocycles. The van der Waals surface area contributed by atoms with Crippen molar-refractivity contribution in [2.75, 3.05) is 0 Å².